The third-order valence-corrected chi connectivity index (χ3v) is 3.78. The van der Waals surface area contributed by atoms with Gasteiger partial charge in [0.25, 0.3) is 0 Å². The molecular weight excluding hydrogens is 214 g/mol. The van der Waals surface area contributed by atoms with Crippen LogP contribution in [0.3, 0.4) is 0 Å². The van der Waals surface area contributed by atoms with Crippen molar-refractivity contribution in [1.82, 2.24) is 5.06 Å². The molecule has 3 nitrogen and oxygen atoms in total. The highest BCUT2D eigenvalue weighted by molar-refractivity contribution is 5.32. The van der Waals surface area contributed by atoms with Crippen molar-refractivity contribution in [2.45, 2.75) is 31.3 Å². The van der Waals surface area contributed by atoms with Crippen LogP contribution in [0.25, 0.3) is 0 Å². The van der Waals surface area contributed by atoms with Crippen LogP contribution in [0.5, 0.6) is 0 Å². The number of nitrogens with zero attached hydrogens (tertiary/aromatic N) is 1. The Morgan fingerprint density at radius 3 is 3.06 bits per heavy atom. The molecule has 3 heteroatoms. The van der Waals surface area contributed by atoms with Crippen molar-refractivity contribution in [1.29, 1.82) is 0 Å². The molecule has 1 aliphatic heterocycles. The Balaban J connectivity index is 1.72. The summed E-state index contributed by atoms with van der Waals surface area (Å²) in [6.45, 7) is 2.01. The van der Waals surface area contributed by atoms with Gasteiger partial charge in [-0.2, -0.15) is 5.06 Å². The molecule has 1 aliphatic carbocycles. The lowest BCUT2D eigenvalue weighted by molar-refractivity contribution is -0.114. The molecule has 0 amide bonds. The lowest BCUT2D eigenvalue weighted by Crippen LogP contribution is -2.28. The molecule has 1 saturated heterocycles. The summed E-state index contributed by atoms with van der Waals surface area (Å²) in [6.07, 6.45) is 3.38. The third-order valence-electron chi connectivity index (χ3n) is 3.78. The molecule has 0 aromatic heterocycles. The minimum Gasteiger partial charge on any atom is -0.389 e. The molecule has 1 heterocycles. The van der Waals surface area contributed by atoms with Crippen LogP contribution in [-0.2, 0) is 11.3 Å². The van der Waals surface area contributed by atoms with Crippen LogP contribution in [0.4, 0.5) is 0 Å². The molecule has 0 spiro atoms. The maximum Gasteiger partial charge on any atom is 0.0958 e. The van der Waals surface area contributed by atoms with Crippen LogP contribution in [0.2, 0.25) is 0 Å². The molecule has 17 heavy (non-hydrogen) atoms. The number of rotatable bonds is 2. The van der Waals surface area contributed by atoms with E-state index >= 15 is 0 Å². The Kier molecular flexibility index (Phi) is 3.14. The van der Waals surface area contributed by atoms with Gasteiger partial charge in [-0.05, 0) is 36.3 Å². The Hall–Kier alpha value is -0.900. The summed E-state index contributed by atoms with van der Waals surface area (Å²) in [4.78, 5) is 5.47. The Labute approximate surface area is 102 Å². The molecule has 1 aromatic rings. The number of aliphatic hydroxyl groups is 1. The van der Waals surface area contributed by atoms with Gasteiger partial charge in [-0.3, -0.25) is 4.84 Å². The van der Waals surface area contributed by atoms with Crippen molar-refractivity contribution < 1.29 is 9.94 Å². The number of benzene rings is 1. The fourth-order valence-electron chi connectivity index (χ4n) is 2.95. The van der Waals surface area contributed by atoms with Crippen LogP contribution in [0, 0.1) is 0 Å². The molecular formula is C14H19NO2. The summed E-state index contributed by atoms with van der Waals surface area (Å²) in [6, 6.07) is 8.72. The van der Waals surface area contributed by atoms with E-state index in [1.54, 1.807) is 0 Å². The minimum absolute atomic E-state index is 0.311. The Morgan fingerprint density at radius 2 is 2.24 bits per heavy atom. The second-order valence-electron chi connectivity index (χ2n) is 5.08. The summed E-state index contributed by atoms with van der Waals surface area (Å²) < 4.78 is 0. The van der Waals surface area contributed by atoms with Crippen molar-refractivity contribution >= 4 is 0 Å². The van der Waals surface area contributed by atoms with Crippen LogP contribution >= 0.6 is 0 Å². The van der Waals surface area contributed by atoms with Gasteiger partial charge in [-0.1, -0.05) is 24.3 Å². The second kappa shape index (κ2) is 4.77. The zero-order valence-electron chi connectivity index (χ0n) is 10.0. The number of hydrogen-bond acceptors (Lipinski definition) is 3. The highest BCUT2D eigenvalue weighted by atomic mass is 16.7. The molecule has 3 rings (SSSR count). The van der Waals surface area contributed by atoms with Crippen molar-refractivity contribution in [3.63, 3.8) is 0 Å². The predicted octanol–water partition coefficient (Wildman–Crippen LogP) is 1.71. The summed E-state index contributed by atoms with van der Waals surface area (Å²) in [5.41, 5.74) is 2.97. The van der Waals surface area contributed by atoms with E-state index in [1.165, 1.54) is 30.4 Å². The van der Waals surface area contributed by atoms with E-state index in [0.717, 1.165) is 6.54 Å². The molecule has 1 N–H and O–H groups in total. The fourth-order valence-corrected chi connectivity index (χ4v) is 2.95. The molecule has 0 bridgehead atoms. The number of aryl methyl sites for hydroxylation is 1. The van der Waals surface area contributed by atoms with Crippen molar-refractivity contribution in [2.75, 3.05) is 19.7 Å². The quantitative estimate of drug-likeness (QED) is 0.844. The number of hydroxylamine groups is 2. The lowest BCUT2D eigenvalue weighted by atomic mass is 9.83. The first kappa shape index (κ1) is 11.2. The minimum atomic E-state index is -0.311. The number of β-amino-alcohol motifs (C(OH)–C–C–N with tert-alkyl or cyclic N) is 1. The van der Waals surface area contributed by atoms with E-state index < -0.39 is 0 Å². The van der Waals surface area contributed by atoms with E-state index in [-0.39, 0.29) is 6.10 Å². The molecule has 1 aromatic carbocycles. The summed E-state index contributed by atoms with van der Waals surface area (Å²) >= 11 is 0. The van der Waals surface area contributed by atoms with Gasteiger partial charge in [0.05, 0.1) is 19.3 Å². The second-order valence-corrected chi connectivity index (χ2v) is 5.08. The number of aliphatic hydroxyl groups excluding tert-OH is 1. The van der Waals surface area contributed by atoms with E-state index in [2.05, 4.69) is 24.3 Å². The van der Waals surface area contributed by atoms with Gasteiger partial charge < -0.3 is 5.11 Å². The topological polar surface area (TPSA) is 32.7 Å². The SMILES string of the molecule is O[C@H]1CON(CC2CCCc3ccccc32)C1. The maximum atomic E-state index is 9.46. The van der Waals surface area contributed by atoms with Gasteiger partial charge in [-0.25, -0.2) is 0 Å². The van der Waals surface area contributed by atoms with Crippen LogP contribution < -0.4 is 0 Å². The van der Waals surface area contributed by atoms with E-state index in [4.69, 9.17) is 4.84 Å². The Bertz CT molecular complexity index is 394. The van der Waals surface area contributed by atoms with Crippen molar-refractivity contribution in [3.8, 4) is 0 Å². The maximum absolute atomic E-state index is 9.46. The third kappa shape index (κ3) is 2.37. The summed E-state index contributed by atoms with van der Waals surface area (Å²) in [5, 5.41) is 11.4. The van der Waals surface area contributed by atoms with Crippen molar-refractivity contribution in [2.24, 2.45) is 0 Å². The summed E-state index contributed by atoms with van der Waals surface area (Å²) in [5.74, 6) is 0.560. The molecule has 2 atom stereocenters. The largest absolute Gasteiger partial charge is 0.389 e. The lowest BCUT2D eigenvalue weighted by Gasteiger charge is -2.28. The van der Waals surface area contributed by atoms with Crippen molar-refractivity contribution in [3.05, 3.63) is 35.4 Å². The van der Waals surface area contributed by atoms with Gasteiger partial charge in [0.1, 0.15) is 0 Å². The molecule has 1 fully saturated rings. The number of hydrogen-bond donors (Lipinski definition) is 1. The van der Waals surface area contributed by atoms with Crippen LogP contribution in [0.1, 0.15) is 29.9 Å². The Morgan fingerprint density at radius 1 is 1.35 bits per heavy atom. The monoisotopic (exact) mass is 233 g/mol. The normalized spacial score (nSPS) is 29.2. The standard InChI is InChI=1S/C14H19NO2/c16-13-9-15(17-10-13)8-12-6-3-5-11-4-1-2-7-14(11)12/h1-2,4,7,12-13,16H,3,5-6,8-10H2/t12?,13-/m1/s1. The van der Waals surface area contributed by atoms with Gasteiger partial charge in [0.2, 0.25) is 0 Å². The molecule has 1 unspecified atom stereocenters. The van der Waals surface area contributed by atoms with Gasteiger partial charge in [0, 0.05) is 6.54 Å². The van der Waals surface area contributed by atoms with Gasteiger partial charge in [-0.15, -0.1) is 0 Å². The first-order valence-corrected chi connectivity index (χ1v) is 6.46. The fraction of sp³-hybridized carbons (Fsp3) is 0.571. The molecule has 0 saturated carbocycles. The van der Waals surface area contributed by atoms with E-state index in [1.807, 2.05) is 5.06 Å². The molecule has 0 radical (unpaired) electrons. The highest BCUT2D eigenvalue weighted by Crippen LogP contribution is 2.32. The average molecular weight is 233 g/mol. The van der Waals surface area contributed by atoms with Crippen LogP contribution in [0.15, 0.2) is 24.3 Å². The van der Waals surface area contributed by atoms with Crippen LogP contribution in [-0.4, -0.2) is 36.0 Å². The zero-order chi connectivity index (χ0) is 11.7. The first-order valence-electron chi connectivity index (χ1n) is 6.46. The smallest absolute Gasteiger partial charge is 0.0958 e. The predicted molar refractivity (Wildman–Crippen MR) is 65.7 cm³/mol. The molecule has 2 aliphatic rings. The van der Waals surface area contributed by atoms with Gasteiger partial charge >= 0.3 is 0 Å². The highest BCUT2D eigenvalue weighted by Gasteiger charge is 2.27. The van der Waals surface area contributed by atoms with Gasteiger partial charge in [0.15, 0.2) is 0 Å². The first-order chi connectivity index (χ1) is 8.33. The summed E-state index contributed by atoms with van der Waals surface area (Å²) in [7, 11) is 0. The average Bonchev–Trinajstić information content (AvgIpc) is 2.75. The van der Waals surface area contributed by atoms with E-state index in [0.29, 0.717) is 19.1 Å². The number of fused-ring (bicyclic) bond motifs is 1. The van der Waals surface area contributed by atoms with E-state index in [9.17, 15) is 5.11 Å². The molecule has 92 valence electrons. The zero-order valence-corrected chi connectivity index (χ0v) is 10.0.